The average Bonchev–Trinajstić information content (AvgIpc) is 2.44. The van der Waals surface area contributed by atoms with Gasteiger partial charge in [-0.05, 0) is 31.5 Å². The van der Waals surface area contributed by atoms with Crippen molar-refractivity contribution in [3.8, 4) is 0 Å². The Morgan fingerprint density at radius 2 is 2.24 bits per heavy atom. The number of morpholine rings is 1. The summed E-state index contributed by atoms with van der Waals surface area (Å²) < 4.78 is 32.4. The van der Waals surface area contributed by atoms with Crippen LogP contribution in [0.1, 0.15) is 12.5 Å². The molecule has 0 spiro atoms. The van der Waals surface area contributed by atoms with E-state index in [4.69, 9.17) is 16.3 Å². The molecule has 1 aliphatic heterocycles. The summed E-state index contributed by atoms with van der Waals surface area (Å²) in [5, 5.41) is 0.458. The third kappa shape index (κ3) is 4.40. The average molecular weight is 333 g/mol. The van der Waals surface area contributed by atoms with Gasteiger partial charge in [0.05, 0.1) is 18.1 Å². The van der Waals surface area contributed by atoms with Crippen molar-refractivity contribution in [1.82, 2.24) is 9.62 Å². The molecule has 1 N–H and O–H groups in total. The van der Waals surface area contributed by atoms with Crippen molar-refractivity contribution in [2.75, 3.05) is 32.8 Å². The first-order valence-corrected chi connectivity index (χ1v) is 8.84. The van der Waals surface area contributed by atoms with Gasteiger partial charge in [-0.15, -0.1) is 0 Å². The van der Waals surface area contributed by atoms with Crippen molar-refractivity contribution in [3.05, 3.63) is 28.8 Å². The van der Waals surface area contributed by atoms with Crippen molar-refractivity contribution in [1.29, 1.82) is 0 Å². The maximum absolute atomic E-state index is 12.2. The van der Waals surface area contributed by atoms with Gasteiger partial charge >= 0.3 is 0 Å². The fraction of sp³-hybridized carbons (Fsp3) is 0.571. The highest BCUT2D eigenvalue weighted by molar-refractivity contribution is 7.89. The van der Waals surface area contributed by atoms with Crippen LogP contribution in [-0.2, 0) is 14.8 Å². The van der Waals surface area contributed by atoms with E-state index in [9.17, 15) is 8.42 Å². The highest BCUT2D eigenvalue weighted by Crippen LogP contribution is 2.19. The van der Waals surface area contributed by atoms with Gasteiger partial charge in [0.1, 0.15) is 0 Å². The summed E-state index contributed by atoms with van der Waals surface area (Å²) in [6.45, 7) is 7.19. The van der Waals surface area contributed by atoms with E-state index in [1.165, 1.54) is 6.07 Å². The van der Waals surface area contributed by atoms with Crippen molar-refractivity contribution >= 4 is 21.6 Å². The highest BCUT2D eigenvalue weighted by Gasteiger charge is 2.20. The Bertz CT molecular complexity index is 592. The van der Waals surface area contributed by atoms with Crippen LogP contribution in [0.25, 0.3) is 0 Å². The molecule has 1 heterocycles. The summed E-state index contributed by atoms with van der Waals surface area (Å²) in [6.07, 6.45) is 0. The quantitative estimate of drug-likeness (QED) is 0.890. The number of nitrogens with zero attached hydrogens (tertiary/aromatic N) is 1. The second-order valence-corrected chi connectivity index (χ2v) is 7.44. The molecule has 2 rings (SSSR count). The van der Waals surface area contributed by atoms with Crippen LogP contribution in [-0.4, -0.2) is 52.2 Å². The minimum absolute atomic E-state index is 0.202. The zero-order valence-electron chi connectivity index (χ0n) is 12.3. The van der Waals surface area contributed by atoms with E-state index in [1.807, 2.05) is 6.92 Å². The van der Waals surface area contributed by atoms with Crippen molar-refractivity contribution in [2.24, 2.45) is 0 Å². The van der Waals surface area contributed by atoms with Crippen LogP contribution >= 0.6 is 11.6 Å². The fourth-order valence-electron chi connectivity index (χ4n) is 2.24. The molecule has 0 amide bonds. The molecule has 1 aromatic rings. The van der Waals surface area contributed by atoms with Gasteiger partial charge in [-0.25, -0.2) is 13.1 Å². The second kappa shape index (κ2) is 7.07. The third-order valence-electron chi connectivity index (χ3n) is 3.65. The standard InChI is InChI=1S/C14H21ClN2O3S/c1-11-3-4-13(9-14(11)15)21(18,19)16-5-6-17-7-8-20-10-12(17)2/h3-4,9,12,16H,5-8,10H2,1-2H3. The van der Waals surface area contributed by atoms with E-state index in [0.717, 1.165) is 12.1 Å². The molecule has 1 saturated heterocycles. The number of nitrogens with one attached hydrogen (secondary N) is 1. The molecular weight excluding hydrogens is 312 g/mol. The van der Waals surface area contributed by atoms with Crippen LogP contribution in [0.4, 0.5) is 0 Å². The SMILES string of the molecule is Cc1ccc(S(=O)(=O)NCCN2CCOCC2C)cc1Cl. The molecule has 5 nitrogen and oxygen atoms in total. The molecule has 1 aliphatic rings. The van der Waals surface area contributed by atoms with Crippen LogP contribution in [0.5, 0.6) is 0 Å². The Morgan fingerprint density at radius 1 is 1.48 bits per heavy atom. The summed E-state index contributed by atoms with van der Waals surface area (Å²) in [5.74, 6) is 0. The number of sulfonamides is 1. The number of hydrogen-bond acceptors (Lipinski definition) is 4. The van der Waals surface area contributed by atoms with Crippen molar-refractivity contribution < 1.29 is 13.2 Å². The van der Waals surface area contributed by atoms with E-state index < -0.39 is 10.0 Å². The number of halogens is 1. The van der Waals surface area contributed by atoms with E-state index >= 15 is 0 Å². The Labute approximate surface area is 131 Å². The first kappa shape index (κ1) is 16.7. The molecule has 0 aromatic heterocycles. The third-order valence-corrected chi connectivity index (χ3v) is 5.52. The van der Waals surface area contributed by atoms with Gasteiger partial charge in [0.15, 0.2) is 0 Å². The normalized spacial score (nSPS) is 20.6. The molecule has 7 heteroatoms. The summed E-state index contributed by atoms with van der Waals surface area (Å²) >= 11 is 5.98. The van der Waals surface area contributed by atoms with Gasteiger partial charge in [0.25, 0.3) is 0 Å². The number of benzene rings is 1. The molecule has 0 saturated carbocycles. The van der Waals surface area contributed by atoms with E-state index in [0.29, 0.717) is 37.4 Å². The van der Waals surface area contributed by atoms with Gasteiger partial charge < -0.3 is 4.74 Å². The lowest BCUT2D eigenvalue weighted by Gasteiger charge is -2.33. The zero-order valence-corrected chi connectivity index (χ0v) is 13.9. The molecule has 0 bridgehead atoms. The van der Waals surface area contributed by atoms with Crippen LogP contribution in [0, 0.1) is 6.92 Å². The summed E-state index contributed by atoms with van der Waals surface area (Å²) in [4.78, 5) is 2.42. The van der Waals surface area contributed by atoms with Gasteiger partial charge in [0, 0.05) is 30.7 Å². The van der Waals surface area contributed by atoms with E-state index in [2.05, 4.69) is 16.5 Å². The molecule has 1 atom stereocenters. The lowest BCUT2D eigenvalue weighted by atomic mass is 10.2. The first-order valence-electron chi connectivity index (χ1n) is 6.98. The fourth-order valence-corrected chi connectivity index (χ4v) is 3.53. The van der Waals surface area contributed by atoms with Crippen LogP contribution < -0.4 is 4.72 Å². The minimum Gasteiger partial charge on any atom is -0.379 e. The first-order chi connectivity index (χ1) is 9.90. The number of ether oxygens (including phenoxy) is 1. The summed E-state index contributed by atoms with van der Waals surface area (Å²) in [6, 6.07) is 5.08. The van der Waals surface area contributed by atoms with Crippen molar-refractivity contribution in [3.63, 3.8) is 0 Å². The summed E-state index contributed by atoms with van der Waals surface area (Å²) in [7, 11) is -3.51. The number of rotatable bonds is 5. The Hall–Kier alpha value is -0.660. The molecule has 1 fully saturated rings. The zero-order chi connectivity index (χ0) is 15.5. The monoisotopic (exact) mass is 332 g/mol. The smallest absolute Gasteiger partial charge is 0.240 e. The Morgan fingerprint density at radius 3 is 2.90 bits per heavy atom. The molecule has 1 aromatic carbocycles. The lowest BCUT2D eigenvalue weighted by molar-refractivity contribution is 0.000989. The molecular formula is C14H21ClN2O3S. The summed E-state index contributed by atoms with van der Waals surface area (Å²) in [5.41, 5.74) is 0.859. The maximum atomic E-state index is 12.2. The van der Waals surface area contributed by atoms with E-state index in [-0.39, 0.29) is 4.90 Å². The number of aryl methyl sites for hydroxylation is 1. The molecule has 1 unspecified atom stereocenters. The highest BCUT2D eigenvalue weighted by atomic mass is 35.5. The predicted molar refractivity (Wildman–Crippen MR) is 83.2 cm³/mol. The second-order valence-electron chi connectivity index (χ2n) is 5.27. The van der Waals surface area contributed by atoms with Crippen molar-refractivity contribution in [2.45, 2.75) is 24.8 Å². The van der Waals surface area contributed by atoms with Gasteiger partial charge in [-0.2, -0.15) is 0 Å². The molecule has 21 heavy (non-hydrogen) atoms. The minimum atomic E-state index is -3.51. The lowest BCUT2D eigenvalue weighted by Crippen LogP contribution is -2.46. The topological polar surface area (TPSA) is 58.6 Å². The maximum Gasteiger partial charge on any atom is 0.240 e. The largest absolute Gasteiger partial charge is 0.379 e. The predicted octanol–water partition coefficient (Wildman–Crippen LogP) is 1.65. The van der Waals surface area contributed by atoms with Gasteiger partial charge in [0.2, 0.25) is 10.0 Å². The Balaban J connectivity index is 1.93. The van der Waals surface area contributed by atoms with Gasteiger partial charge in [-0.3, -0.25) is 4.90 Å². The molecule has 0 aliphatic carbocycles. The Kier molecular flexibility index (Phi) is 5.62. The molecule has 118 valence electrons. The van der Waals surface area contributed by atoms with Crippen LogP contribution in [0.3, 0.4) is 0 Å². The van der Waals surface area contributed by atoms with E-state index in [1.54, 1.807) is 12.1 Å². The number of hydrogen-bond donors (Lipinski definition) is 1. The van der Waals surface area contributed by atoms with Crippen LogP contribution in [0.2, 0.25) is 5.02 Å². The van der Waals surface area contributed by atoms with Gasteiger partial charge in [-0.1, -0.05) is 17.7 Å². The van der Waals surface area contributed by atoms with Crippen LogP contribution in [0.15, 0.2) is 23.1 Å². The molecule has 0 radical (unpaired) electrons.